The average molecular weight is 458 g/mol. The van der Waals surface area contributed by atoms with Crippen molar-refractivity contribution in [2.45, 2.75) is 44.3 Å². The molecular weight excluding hydrogens is 434 g/mol. The van der Waals surface area contributed by atoms with E-state index < -0.39 is 18.7 Å². The molecule has 8 nitrogen and oxygen atoms in total. The molecular formula is C23H24F2N4O4. The van der Waals surface area contributed by atoms with Crippen LogP contribution in [0.5, 0.6) is 5.75 Å². The van der Waals surface area contributed by atoms with E-state index in [4.69, 9.17) is 9.84 Å². The minimum atomic E-state index is -2.98. The molecule has 0 spiro atoms. The molecule has 1 aliphatic carbocycles. The van der Waals surface area contributed by atoms with E-state index >= 15 is 0 Å². The Hall–Kier alpha value is -3.43. The zero-order valence-corrected chi connectivity index (χ0v) is 17.9. The Morgan fingerprint density at radius 1 is 1.24 bits per heavy atom. The number of hydrogen-bond donors (Lipinski definition) is 1. The number of ether oxygens (including phenoxy) is 1. The molecule has 1 N–H and O–H groups in total. The Bertz CT molecular complexity index is 1130. The normalized spacial score (nSPS) is 19.8. The highest BCUT2D eigenvalue weighted by atomic mass is 19.3. The fourth-order valence-corrected chi connectivity index (χ4v) is 4.92. The lowest BCUT2D eigenvalue weighted by molar-refractivity contribution is -0.126. The SMILES string of the molecule is C=CC(=O)N1CCc2nn(-c3ccc(C4CC4)cc3OC(F)F)c3c2C(C1)N(C(=O)O)CC3. The largest absolute Gasteiger partial charge is 0.465 e. The van der Waals surface area contributed by atoms with Crippen LogP contribution in [-0.2, 0) is 17.6 Å². The smallest absolute Gasteiger partial charge is 0.407 e. The summed E-state index contributed by atoms with van der Waals surface area (Å²) in [5.41, 5.74) is 3.54. The molecule has 174 valence electrons. The first-order valence-corrected chi connectivity index (χ1v) is 11.0. The molecule has 2 amide bonds. The standard InChI is InChI=1S/C23H24F2N4O4/c1-2-20(30)27-9-7-15-21-17(8-10-28(23(31)32)18(21)12-27)29(26-15)16-6-5-14(13-3-4-13)11-19(16)33-22(24)25/h2,5-6,11,13,18,22H,1,3-4,7-10,12H2,(H,31,32). The summed E-state index contributed by atoms with van der Waals surface area (Å²) in [7, 11) is 0. The van der Waals surface area contributed by atoms with Crippen molar-refractivity contribution in [2.75, 3.05) is 19.6 Å². The van der Waals surface area contributed by atoms with Crippen molar-refractivity contribution in [1.82, 2.24) is 19.6 Å². The van der Waals surface area contributed by atoms with Crippen molar-refractivity contribution >= 4 is 12.0 Å². The summed E-state index contributed by atoms with van der Waals surface area (Å²) in [6, 6.07) is 4.74. The van der Waals surface area contributed by atoms with Gasteiger partial charge in [0.05, 0.1) is 17.4 Å². The van der Waals surface area contributed by atoms with Gasteiger partial charge in [-0.2, -0.15) is 13.9 Å². The highest BCUT2D eigenvalue weighted by Gasteiger charge is 2.40. The molecule has 2 aromatic rings. The van der Waals surface area contributed by atoms with Crippen LogP contribution in [0.1, 0.15) is 47.3 Å². The summed E-state index contributed by atoms with van der Waals surface area (Å²) in [5.74, 6) is 0.159. The minimum absolute atomic E-state index is 0.0592. The lowest BCUT2D eigenvalue weighted by atomic mass is 9.96. The van der Waals surface area contributed by atoms with E-state index in [-0.39, 0.29) is 24.7 Å². The predicted molar refractivity (Wildman–Crippen MR) is 114 cm³/mol. The maximum atomic E-state index is 13.2. The van der Waals surface area contributed by atoms with Crippen molar-refractivity contribution in [3.63, 3.8) is 0 Å². The second-order valence-electron chi connectivity index (χ2n) is 8.58. The number of alkyl halides is 2. The number of aromatic nitrogens is 2. The summed E-state index contributed by atoms with van der Waals surface area (Å²) in [5, 5.41) is 14.5. The molecule has 1 unspecified atom stereocenters. The Morgan fingerprint density at radius 3 is 2.70 bits per heavy atom. The lowest BCUT2D eigenvalue weighted by Gasteiger charge is -2.35. The molecule has 1 saturated carbocycles. The first-order chi connectivity index (χ1) is 15.9. The van der Waals surface area contributed by atoms with Crippen molar-refractivity contribution in [2.24, 2.45) is 0 Å². The van der Waals surface area contributed by atoms with Crippen LogP contribution in [0, 0.1) is 0 Å². The maximum Gasteiger partial charge on any atom is 0.407 e. The van der Waals surface area contributed by atoms with Crippen LogP contribution < -0.4 is 4.74 Å². The van der Waals surface area contributed by atoms with Crippen LogP contribution in [0.25, 0.3) is 5.69 Å². The van der Waals surface area contributed by atoms with Gasteiger partial charge < -0.3 is 14.7 Å². The van der Waals surface area contributed by atoms with Crippen LogP contribution in [0.3, 0.4) is 0 Å². The molecule has 33 heavy (non-hydrogen) atoms. The number of rotatable bonds is 5. The second-order valence-corrected chi connectivity index (χ2v) is 8.58. The number of carbonyl (C=O) groups is 2. The van der Waals surface area contributed by atoms with E-state index in [1.807, 2.05) is 6.07 Å². The molecule has 2 aliphatic heterocycles. The Balaban J connectivity index is 1.61. The molecule has 1 aromatic carbocycles. The number of nitrogens with zero attached hydrogens (tertiary/aromatic N) is 4. The third kappa shape index (κ3) is 3.83. The highest BCUT2D eigenvalue weighted by Crippen LogP contribution is 2.43. The van der Waals surface area contributed by atoms with Crippen LogP contribution in [0.15, 0.2) is 30.9 Å². The summed E-state index contributed by atoms with van der Waals surface area (Å²) in [6.45, 7) is 1.31. The monoisotopic (exact) mass is 458 g/mol. The number of hydrogen-bond acceptors (Lipinski definition) is 4. The van der Waals surface area contributed by atoms with Gasteiger partial charge in [0, 0.05) is 38.0 Å². The molecule has 1 aromatic heterocycles. The third-order valence-corrected chi connectivity index (χ3v) is 6.62. The van der Waals surface area contributed by atoms with Gasteiger partial charge in [-0.05, 0) is 42.5 Å². The van der Waals surface area contributed by atoms with Gasteiger partial charge in [-0.25, -0.2) is 9.48 Å². The number of amides is 2. The number of carboxylic acid groups (broad SMARTS) is 1. The Morgan fingerprint density at radius 2 is 2.03 bits per heavy atom. The Labute approximate surface area is 189 Å². The van der Waals surface area contributed by atoms with Gasteiger partial charge >= 0.3 is 12.7 Å². The first kappa shape index (κ1) is 21.4. The van der Waals surface area contributed by atoms with Crippen LogP contribution in [0.2, 0.25) is 0 Å². The highest BCUT2D eigenvalue weighted by molar-refractivity contribution is 5.87. The fourth-order valence-electron chi connectivity index (χ4n) is 4.92. The van der Waals surface area contributed by atoms with E-state index in [1.165, 1.54) is 11.0 Å². The number of carbonyl (C=O) groups excluding carboxylic acids is 1. The summed E-state index contributed by atoms with van der Waals surface area (Å²) in [4.78, 5) is 27.1. The van der Waals surface area contributed by atoms with Crippen molar-refractivity contribution < 1.29 is 28.2 Å². The van der Waals surface area contributed by atoms with Gasteiger partial charge in [0.15, 0.2) is 5.75 Å². The minimum Gasteiger partial charge on any atom is -0.465 e. The zero-order chi connectivity index (χ0) is 23.3. The van der Waals surface area contributed by atoms with Gasteiger partial charge in [0.2, 0.25) is 5.91 Å². The molecule has 3 heterocycles. The molecule has 1 atom stereocenters. The predicted octanol–water partition coefficient (Wildman–Crippen LogP) is 3.50. The van der Waals surface area contributed by atoms with Crippen molar-refractivity contribution in [3.05, 3.63) is 53.4 Å². The van der Waals surface area contributed by atoms with Crippen LogP contribution >= 0.6 is 0 Å². The van der Waals surface area contributed by atoms with Gasteiger partial charge in [0.25, 0.3) is 0 Å². The zero-order valence-electron chi connectivity index (χ0n) is 17.9. The molecule has 0 radical (unpaired) electrons. The summed E-state index contributed by atoms with van der Waals surface area (Å²) in [6.07, 6.45) is 2.99. The molecule has 0 saturated heterocycles. The quantitative estimate of drug-likeness (QED) is 0.693. The topological polar surface area (TPSA) is 87.9 Å². The van der Waals surface area contributed by atoms with E-state index in [9.17, 15) is 23.5 Å². The number of benzene rings is 1. The number of halogens is 2. The fraction of sp³-hybridized carbons (Fsp3) is 0.435. The molecule has 3 aliphatic rings. The van der Waals surface area contributed by atoms with Crippen LogP contribution in [0.4, 0.5) is 13.6 Å². The van der Waals surface area contributed by atoms with E-state index in [1.54, 1.807) is 21.7 Å². The molecule has 10 heteroatoms. The molecule has 5 rings (SSSR count). The third-order valence-electron chi connectivity index (χ3n) is 6.62. The first-order valence-electron chi connectivity index (χ1n) is 11.0. The lowest BCUT2D eigenvalue weighted by Crippen LogP contribution is -2.45. The van der Waals surface area contributed by atoms with E-state index in [0.717, 1.165) is 29.7 Å². The van der Waals surface area contributed by atoms with Crippen molar-refractivity contribution in [1.29, 1.82) is 0 Å². The molecule has 1 fully saturated rings. The Kier molecular flexibility index (Phi) is 5.30. The molecule has 0 bridgehead atoms. The van der Waals surface area contributed by atoms with Gasteiger partial charge in [-0.1, -0.05) is 12.6 Å². The van der Waals surface area contributed by atoms with E-state index in [2.05, 4.69) is 6.58 Å². The summed E-state index contributed by atoms with van der Waals surface area (Å²) < 4.78 is 32.9. The average Bonchev–Trinajstić information content (AvgIpc) is 3.59. The maximum absolute atomic E-state index is 13.2. The van der Waals surface area contributed by atoms with Gasteiger partial charge in [-0.3, -0.25) is 9.69 Å². The van der Waals surface area contributed by atoms with Crippen molar-refractivity contribution in [3.8, 4) is 11.4 Å². The summed E-state index contributed by atoms with van der Waals surface area (Å²) >= 11 is 0. The van der Waals surface area contributed by atoms with Gasteiger partial charge in [-0.15, -0.1) is 0 Å². The van der Waals surface area contributed by atoms with Crippen LogP contribution in [-0.4, -0.2) is 62.9 Å². The van der Waals surface area contributed by atoms with Gasteiger partial charge in [0.1, 0.15) is 5.69 Å². The second kappa shape index (κ2) is 8.17. The van der Waals surface area contributed by atoms with E-state index in [0.29, 0.717) is 36.7 Å².